The monoisotopic (exact) mass is 296 g/mol. The van der Waals surface area contributed by atoms with Gasteiger partial charge >= 0.3 is 5.97 Å². The zero-order chi connectivity index (χ0) is 15.1. The molecule has 0 saturated heterocycles. The van der Waals surface area contributed by atoms with E-state index in [1.807, 2.05) is 6.07 Å². The van der Waals surface area contributed by atoms with E-state index >= 15 is 0 Å². The van der Waals surface area contributed by atoms with Crippen LogP contribution in [0.2, 0.25) is 0 Å². The van der Waals surface area contributed by atoms with E-state index < -0.39 is 5.97 Å². The van der Waals surface area contributed by atoms with Gasteiger partial charge in [-0.05, 0) is 13.1 Å². The standard InChI is InChI=1S/C13H20N4O2S/c1-4-17(5-2)7-6-16-12-9(8-14)10(15)11(20-12)13(18)19-3/h16H,4-7,15H2,1-3H3. The number of carbonyl (C=O) groups is 1. The van der Waals surface area contributed by atoms with E-state index in [4.69, 9.17) is 11.0 Å². The van der Waals surface area contributed by atoms with Crippen LogP contribution in [-0.2, 0) is 4.74 Å². The van der Waals surface area contributed by atoms with E-state index in [9.17, 15) is 4.79 Å². The zero-order valence-corrected chi connectivity index (χ0v) is 12.8. The fraction of sp³-hybridized carbons (Fsp3) is 0.538. The number of hydrogen-bond donors (Lipinski definition) is 2. The van der Waals surface area contributed by atoms with Crippen molar-refractivity contribution in [1.29, 1.82) is 5.26 Å². The van der Waals surface area contributed by atoms with Crippen LogP contribution in [0.25, 0.3) is 0 Å². The normalized spacial score (nSPS) is 10.3. The second-order valence-corrected chi connectivity index (χ2v) is 5.13. The van der Waals surface area contributed by atoms with Crippen molar-refractivity contribution in [3.8, 4) is 6.07 Å². The lowest BCUT2D eigenvalue weighted by Crippen LogP contribution is -2.28. The number of methoxy groups -OCH3 is 1. The number of nitrogen functional groups attached to an aromatic ring is 1. The molecule has 0 atom stereocenters. The fourth-order valence-corrected chi connectivity index (χ4v) is 2.81. The molecule has 0 fully saturated rings. The number of anilines is 2. The number of carbonyl (C=O) groups excluding carboxylic acids is 1. The highest BCUT2D eigenvalue weighted by atomic mass is 32.1. The minimum Gasteiger partial charge on any atom is -0.465 e. The highest BCUT2D eigenvalue weighted by Gasteiger charge is 2.21. The van der Waals surface area contributed by atoms with E-state index in [0.29, 0.717) is 17.1 Å². The Balaban J connectivity index is 2.80. The summed E-state index contributed by atoms with van der Waals surface area (Å²) >= 11 is 1.16. The Morgan fingerprint density at radius 1 is 1.50 bits per heavy atom. The van der Waals surface area contributed by atoms with Crippen molar-refractivity contribution in [1.82, 2.24) is 4.90 Å². The molecule has 0 aliphatic rings. The average molecular weight is 296 g/mol. The first-order chi connectivity index (χ1) is 9.58. The Morgan fingerprint density at radius 3 is 2.65 bits per heavy atom. The second kappa shape index (κ2) is 7.72. The molecule has 3 N–H and O–H groups in total. The molecule has 20 heavy (non-hydrogen) atoms. The summed E-state index contributed by atoms with van der Waals surface area (Å²) in [6.07, 6.45) is 0. The Morgan fingerprint density at radius 2 is 2.15 bits per heavy atom. The van der Waals surface area contributed by atoms with Gasteiger partial charge in [0.1, 0.15) is 21.5 Å². The summed E-state index contributed by atoms with van der Waals surface area (Å²) < 4.78 is 4.65. The number of hydrogen-bond acceptors (Lipinski definition) is 7. The van der Waals surface area contributed by atoms with Crippen LogP contribution in [0.5, 0.6) is 0 Å². The number of rotatable bonds is 7. The predicted molar refractivity (Wildman–Crippen MR) is 81.1 cm³/mol. The van der Waals surface area contributed by atoms with Crippen molar-refractivity contribution in [3.63, 3.8) is 0 Å². The van der Waals surface area contributed by atoms with Gasteiger partial charge in [-0.25, -0.2) is 4.79 Å². The third kappa shape index (κ3) is 3.62. The van der Waals surface area contributed by atoms with E-state index in [2.05, 4.69) is 28.8 Å². The number of likely N-dealkylation sites (N-methyl/N-ethyl adjacent to an activating group) is 1. The molecule has 0 unspecified atom stereocenters. The average Bonchev–Trinajstić information content (AvgIpc) is 2.79. The number of nitrogens with two attached hydrogens (primary N) is 1. The highest BCUT2D eigenvalue weighted by molar-refractivity contribution is 7.18. The molecule has 0 spiro atoms. The zero-order valence-electron chi connectivity index (χ0n) is 12.0. The minimum atomic E-state index is -0.513. The van der Waals surface area contributed by atoms with Crippen molar-refractivity contribution in [2.45, 2.75) is 13.8 Å². The Labute approximate surface area is 123 Å². The SMILES string of the molecule is CCN(CC)CCNc1sc(C(=O)OC)c(N)c1C#N. The maximum absolute atomic E-state index is 11.6. The molecule has 7 heteroatoms. The van der Waals surface area contributed by atoms with Crippen molar-refractivity contribution in [2.24, 2.45) is 0 Å². The van der Waals surface area contributed by atoms with Crippen LogP contribution in [0.1, 0.15) is 29.1 Å². The van der Waals surface area contributed by atoms with Crippen molar-refractivity contribution in [3.05, 3.63) is 10.4 Å². The molecule has 0 saturated carbocycles. The third-order valence-corrected chi connectivity index (χ3v) is 4.18. The number of nitrogens with one attached hydrogen (secondary N) is 1. The van der Waals surface area contributed by atoms with Crippen LogP contribution in [0.3, 0.4) is 0 Å². The predicted octanol–water partition coefficient (Wildman–Crippen LogP) is 1.74. The van der Waals surface area contributed by atoms with E-state index in [0.717, 1.165) is 31.0 Å². The van der Waals surface area contributed by atoms with Gasteiger partial charge in [0.25, 0.3) is 0 Å². The molecular weight excluding hydrogens is 276 g/mol. The van der Waals surface area contributed by atoms with Gasteiger partial charge in [-0.1, -0.05) is 13.8 Å². The first kappa shape index (κ1) is 16.3. The van der Waals surface area contributed by atoms with Crippen LogP contribution in [0.15, 0.2) is 0 Å². The van der Waals surface area contributed by atoms with Gasteiger partial charge in [-0.3, -0.25) is 0 Å². The Kier molecular flexibility index (Phi) is 6.28. The fourth-order valence-electron chi connectivity index (χ4n) is 1.79. The maximum atomic E-state index is 11.6. The summed E-state index contributed by atoms with van der Waals surface area (Å²) in [5.74, 6) is -0.513. The van der Waals surface area contributed by atoms with Gasteiger partial charge < -0.3 is 20.7 Å². The number of esters is 1. The van der Waals surface area contributed by atoms with E-state index in [1.165, 1.54) is 7.11 Å². The molecule has 110 valence electrons. The topological polar surface area (TPSA) is 91.4 Å². The summed E-state index contributed by atoms with van der Waals surface area (Å²) in [5.41, 5.74) is 6.32. The molecule has 0 bridgehead atoms. The van der Waals surface area contributed by atoms with Gasteiger partial charge in [0, 0.05) is 13.1 Å². The summed E-state index contributed by atoms with van der Waals surface area (Å²) in [5, 5.41) is 12.9. The molecule has 0 aliphatic heterocycles. The highest BCUT2D eigenvalue weighted by Crippen LogP contribution is 2.35. The summed E-state index contributed by atoms with van der Waals surface area (Å²) in [7, 11) is 1.29. The first-order valence-corrected chi connectivity index (χ1v) is 7.27. The number of nitriles is 1. The third-order valence-electron chi connectivity index (χ3n) is 3.04. The van der Waals surface area contributed by atoms with E-state index in [1.54, 1.807) is 0 Å². The van der Waals surface area contributed by atoms with Crippen LogP contribution in [0, 0.1) is 11.3 Å². The van der Waals surface area contributed by atoms with Crippen molar-refractivity contribution < 1.29 is 9.53 Å². The molecule has 0 aromatic carbocycles. The quantitative estimate of drug-likeness (QED) is 0.745. The summed E-state index contributed by atoms with van der Waals surface area (Å²) in [6, 6.07) is 2.03. The number of thiophene rings is 1. The minimum absolute atomic E-state index is 0.190. The maximum Gasteiger partial charge on any atom is 0.350 e. The molecule has 0 radical (unpaired) electrons. The second-order valence-electron chi connectivity index (χ2n) is 4.11. The van der Waals surface area contributed by atoms with Crippen LogP contribution in [-0.4, -0.2) is 44.2 Å². The van der Waals surface area contributed by atoms with Gasteiger partial charge in [0.2, 0.25) is 0 Å². The Hall–Kier alpha value is -1.78. The molecule has 1 aromatic rings. The van der Waals surface area contributed by atoms with Crippen molar-refractivity contribution >= 4 is 28.0 Å². The molecule has 1 heterocycles. The van der Waals surface area contributed by atoms with Gasteiger partial charge in [-0.2, -0.15) is 5.26 Å². The molecule has 6 nitrogen and oxygen atoms in total. The van der Waals surface area contributed by atoms with Gasteiger partial charge in [0.05, 0.1) is 12.8 Å². The first-order valence-electron chi connectivity index (χ1n) is 6.45. The number of ether oxygens (including phenoxy) is 1. The molecular formula is C13H20N4O2S. The summed E-state index contributed by atoms with van der Waals surface area (Å²) in [4.78, 5) is 14.1. The molecule has 0 aliphatic carbocycles. The summed E-state index contributed by atoms with van der Waals surface area (Å²) in [6.45, 7) is 7.71. The van der Waals surface area contributed by atoms with Gasteiger partial charge in [0.15, 0.2) is 0 Å². The lowest BCUT2D eigenvalue weighted by Gasteiger charge is -2.18. The number of nitrogens with zero attached hydrogens (tertiary/aromatic N) is 2. The van der Waals surface area contributed by atoms with Crippen LogP contribution >= 0.6 is 11.3 Å². The molecule has 1 rings (SSSR count). The molecule has 1 aromatic heterocycles. The smallest absolute Gasteiger partial charge is 0.350 e. The lowest BCUT2D eigenvalue weighted by atomic mass is 10.2. The Bertz CT molecular complexity index is 503. The lowest BCUT2D eigenvalue weighted by molar-refractivity contribution is 0.0607. The van der Waals surface area contributed by atoms with E-state index in [-0.39, 0.29) is 10.6 Å². The largest absolute Gasteiger partial charge is 0.465 e. The van der Waals surface area contributed by atoms with Crippen LogP contribution in [0.4, 0.5) is 10.7 Å². The van der Waals surface area contributed by atoms with Gasteiger partial charge in [-0.15, -0.1) is 11.3 Å². The van der Waals surface area contributed by atoms with Crippen LogP contribution < -0.4 is 11.1 Å². The molecule has 0 amide bonds. The van der Waals surface area contributed by atoms with Crippen molar-refractivity contribution in [2.75, 3.05) is 44.3 Å².